The Morgan fingerprint density at radius 3 is 2.79 bits per heavy atom. The highest BCUT2D eigenvalue weighted by molar-refractivity contribution is 5.70. The molecule has 0 bridgehead atoms. The first kappa shape index (κ1) is 15.6. The van der Waals surface area contributed by atoms with Crippen LogP contribution < -0.4 is 0 Å². The van der Waals surface area contributed by atoms with E-state index in [1.165, 1.54) is 0 Å². The Morgan fingerprint density at radius 2 is 2.26 bits per heavy atom. The molecule has 0 saturated carbocycles. The molecule has 0 aromatic carbocycles. The summed E-state index contributed by atoms with van der Waals surface area (Å²) >= 11 is 0. The summed E-state index contributed by atoms with van der Waals surface area (Å²) in [4.78, 5) is 14.0. The average Bonchev–Trinajstić information content (AvgIpc) is 2.72. The van der Waals surface area contributed by atoms with Crippen molar-refractivity contribution in [3.8, 4) is 12.3 Å². The Morgan fingerprint density at radius 1 is 1.58 bits per heavy atom. The van der Waals surface area contributed by atoms with Crippen molar-refractivity contribution >= 4 is 6.09 Å². The monoisotopic (exact) mass is 263 g/mol. The van der Waals surface area contributed by atoms with Crippen molar-refractivity contribution in [2.45, 2.75) is 64.0 Å². The van der Waals surface area contributed by atoms with Gasteiger partial charge in [0.2, 0.25) is 0 Å². The summed E-state index contributed by atoms with van der Waals surface area (Å²) in [6.07, 6.45) is 11.8. The quantitative estimate of drug-likeness (QED) is 0.439. The maximum atomic E-state index is 12.3. The van der Waals surface area contributed by atoms with E-state index in [9.17, 15) is 4.79 Å². The number of allylic oxidation sites excluding steroid dienone is 1. The minimum atomic E-state index is -0.485. The molecule has 0 aromatic heterocycles. The van der Waals surface area contributed by atoms with Crippen LogP contribution in [-0.4, -0.2) is 28.7 Å². The predicted octanol–water partition coefficient (Wildman–Crippen LogP) is 3.75. The van der Waals surface area contributed by atoms with Gasteiger partial charge in [0, 0.05) is 6.54 Å². The molecule has 1 atom stereocenters. The molecule has 1 aliphatic heterocycles. The average molecular weight is 263 g/mol. The fourth-order valence-electron chi connectivity index (χ4n) is 2.48. The minimum absolute atomic E-state index is 0.290. The highest BCUT2D eigenvalue weighted by atomic mass is 16.6. The summed E-state index contributed by atoms with van der Waals surface area (Å²) in [6.45, 7) is 10.0. The first-order chi connectivity index (χ1) is 8.84. The second-order valence-electron chi connectivity index (χ2n) is 6.09. The van der Waals surface area contributed by atoms with Crippen LogP contribution >= 0.6 is 0 Å². The predicted molar refractivity (Wildman–Crippen MR) is 77.8 cm³/mol. The van der Waals surface area contributed by atoms with E-state index in [1.54, 1.807) is 4.90 Å². The van der Waals surface area contributed by atoms with Crippen molar-refractivity contribution in [1.29, 1.82) is 0 Å². The summed E-state index contributed by atoms with van der Waals surface area (Å²) in [5, 5.41) is 0. The van der Waals surface area contributed by atoms with Crippen LogP contribution in [0.1, 0.15) is 52.9 Å². The second-order valence-corrected chi connectivity index (χ2v) is 6.09. The Bertz CT molecular complexity index is 375. The van der Waals surface area contributed by atoms with Gasteiger partial charge in [-0.1, -0.05) is 12.0 Å². The molecule has 3 heteroatoms. The summed E-state index contributed by atoms with van der Waals surface area (Å²) in [6, 6.07) is 0. The highest BCUT2D eigenvalue weighted by Gasteiger charge is 2.43. The first-order valence-electron chi connectivity index (χ1n) is 6.94. The van der Waals surface area contributed by atoms with E-state index in [4.69, 9.17) is 11.2 Å². The van der Waals surface area contributed by atoms with E-state index in [0.29, 0.717) is 6.54 Å². The number of likely N-dealkylation sites (tertiary alicyclic amines) is 1. The second kappa shape index (κ2) is 6.14. The fraction of sp³-hybridized carbons (Fsp3) is 0.688. The molecule has 0 N–H and O–H groups in total. The molecule has 1 fully saturated rings. The zero-order valence-corrected chi connectivity index (χ0v) is 12.4. The Balaban J connectivity index is 2.77. The number of carbonyl (C=O) groups is 1. The van der Waals surface area contributed by atoms with Crippen molar-refractivity contribution in [3.05, 3.63) is 12.7 Å². The molecule has 1 aliphatic rings. The van der Waals surface area contributed by atoms with Crippen LogP contribution in [0.15, 0.2) is 12.7 Å². The fourth-order valence-corrected chi connectivity index (χ4v) is 2.48. The minimum Gasteiger partial charge on any atom is -0.444 e. The van der Waals surface area contributed by atoms with Crippen molar-refractivity contribution in [2.75, 3.05) is 6.54 Å². The van der Waals surface area contributed by atoms with Gasteiger partial charge in [0.1, 0.15) is 11.1 Å². The Kier molecular flexibility index (Phi) is 5.05. The van der Waals surface area contributed by atoms with Gasteiger partial charge in [0.25, 0.3) is 0 Å². The zero-order chi connectivity index (χ0) is 14.5. The first-order valence-corrected chi connectivity index (χ1v) is 6.94. The molecule has 106 valence electrons. The normalized spacial score (nSPS) is 22.9. The van der Waals surface area contributed by atoms with E-state index in [-0.39, 0.29) is 6.09 Å². The molecule has 19 heavy (non-hydrogen) atoms. The lowest BCUT2D eigenvalue weighted by molar-refractivity contribution is 0.0147. The number of hydrogen-bond donors (Lipinski definition) is 0. The van der Waals surface area contributed by atoms with Gasteiger partial charge in [0.05, 0.1) is 0 Å². The van der Waals surface area contributed by atoms with Crippen LogP contribution in [0.5, 0.6) is 0 Å². The molecular formula is C16H25NO2. The maximum absolute atomic E-state index is 12.3. The Labute approximate surface area is 117 Å². The van der Waals surface area contributed by atoms with Crippen molar-refractivity contribution in [2.24, 2.45) is 0 Å². The number of ether oxygens (including phenoxy) is 1. The lowest BCUT2D eigenvalue weighted by atomic mass is 9.90. The molecule has 1 rings (SSSR count). The largest absolute Gasteiger partial charge is 0.444 e. The number of rotatable bonds is 4. The van der Waals surface area contributed by atoms with E-state index >= 15 is 0 Å². The lowest BCUT2D eigenvalue weighted by Crippen LogP contribution is -2.48. The summed E-state index contributed by atoms with van der Waals surface area (Å²) in [7, 11) is 0. The van der Waals surface area contributed by atoms with Gasteiger partial charge < -0.3 is 4.74 Å². The number of amides is 1. The van der Waals surface area contributed by atoms with Crippen LogP contribution in [0, 0.1) is 12.3 Å². The molecule has 1 amide bonds. The summed E-state index contributed by atoms with van der Waals surface area (Å²) < 4.78 is 5.46. The molecule has 1 heterocycles. The number of unbranched alkanes of at least 4 members (excludes halogenated alkanes) is 1. The molecule has 1 saturated heterocycles. The third-order valence-electron chi connectivity index (χ3n) is 3.37. The van der Waals surface area contributed by atoms with Gasteiger partial charge in [-0.2, -0.15) is 0 Å². The number of hydrogen-bond acceptors (Lipinski definition) is 2. The summed E-state index contributed by atoms with van der Waals surface area (Å²) in [5.74, 6) is 2.84. The maximum Gasteiger partial charge on any atom is 0.411 e. The standard InChI is InChI=1S/C16H25NO2/c1-6-8-9-11-16(7-2)12-10-13-17(16)14(18)19-15(3,4)5/h2,6H,1,8-13H2,3-5H3/t16-/m0/s1. The van der Waals surface area contributed by atoms with Gasteiger partial charge in [-0.15, -0.1) is 13.0 Å². The number of nitrogens with zero attached hydrogens (tertiary/aromatic N) is 1. The van der Waals surface area contributed by atoms with Crippen LogP contribution in [0.25, 0.3) is 0 Å². The van der Waals surface area contributed by atoms with Crippen LogP contribution in [0.2, 0.25) is 0 Å². The molecule has 0 radical (unpaired) electrons. The number of carbonyl (C=O) groups excluding carboxylic acids is 1. The van der Waals surface area contributed by atoms with Crippen LogP contribution in [0.3, 0.4) is 0 Å². The third kappa shape index (κ3) is 4.02. The van der Waals surface area contributed by atoms with Crippen LogP contribution in [-0.2, 0) is 4.74 Å². The zero-order valence-electron chi connectivity index (χ0n) is 12.4. The van der Waals surface area contributed by atoms with E-state index in [2.05, 4.69) is 12.5 Å². The van der Waals surface area contributed by atoms with E-state index in [0.717, 1.165) is 32.1 Å². The van der Waals surface area contributed by atoms with Gasteiger partial charge in [0.15, 0.2) is 0 Å². The van der Waals surface area contributed by atoms with E-state index in [1.807, 2.05) is 26.8 Å². The van der Waals surface area contributed by atoms with Gasteiger partial charge in [-0.25, -0.2) is 4.79 Å². The third-order valence-corrected chi connectivity index (χ3v) is 3.37. The Hall–Kier alpha value is -1.43. The molecule has 0 spiro atoms. The highest BCUT2D eigenvalue weighted by Crippen LogP contribution is 2.34. The molecule has 3 nitrogen and oxygen atoms in total. The van der Waals surface area contributed by atoms with Crippen LogP contribution in [0.4, 0.5) is 4.79 Å². The number of terminal acetylenes is 1. The van der Waals surface area contributed by atoms with Crippen molar-refractivity contribution in [1.82, 2.24) is 4.90 Å². The van der Waals surface area contributed by atoms with E-state index < -0.39 is 11.1 Å². The molecule has 0 unspecified atom stereocenters. The molecular weight excluding hydrogens is 238 g/mol. The van der Waals surface area contributed by atoms with Crippen molar-refractivity contribution < 1.29 is 9.53 Å². The van der Waals surface area contributed by atoms with Gasteiger partial charge in [-0.3, -0.25) is 4.90 Å². The lowest BCUT2D eigenvalue weighted by Gasteiger charge is -2.35. The SMILES string of the molecule is C#C[C@]1(CCCC=C)CCCN1C(=O)OC(C)(C)C. The van der Waals surface area contributed by atoms with Gasteiger partial charge >= 0.3 is 6.09 Å². The molecule has 0 aromatic rings. The smallest absolute Gasteiger partial charge is 0.411 e. The molecule has 0 aliphatic carbocycles. The summed E-state index contributed by atoms with van der Waals surface area (Å²) in [5.41, 5.74) is -0.952. The topological polar surface area (TPSA) is 29.5 Å². The van der Waals surface area contributed by atoms with Crippen molar-refractivity contribution in [3.63, 3.8) is 0 Å². The van der Waals surface area contributed by atoms with Gasteiger partial charge in [-0.05, 0) is 52.9 Å².